The molecule has 0 aliphatic heterocycles. The minimum Gasteiger partial charge on any atom is -0.346 e. The average Bonchev–Trinajstić information content (AvgIpc) is 2.15. The molecule has 0 saturated carbocycles. The SMILES string of the molecule is Cc1nccc(N(CCCl)CC(F)(F)F)n1. The predicted octanol–water partition coefficient (Wildman–Crippen LogP) is 2.39. The van der Waals surface area contributed by atoms with Gasteiger partial charge in [-0.15, -0.1) is 11.6 Å². The fourth-order valence-corrected chi connectivity index (χ4v) is 1.42. The van der Waals surface area contributed by atoms with E-state index in [1.54, 1.807) is 6.92 Å². The lowest BCUT2D eigenvalue weighted by Gasteiger charge is -2.23. The minimum atomic E-state index is -4.27. The van der Waals surface area contributed by atoms with Crippen LogP contribution in [-0.2, 0) is 0 Å². The molecule has 7 heteroatoms. The Hall–Kier alpha value is -1.04. The molecule has 0 aromatic carbocycles. The van der Waals surface area contributed by atoms with Gasteiger partial charge in [-0.1, -0.05) is 0 Å². The first-order chi connectivity index (χ1) is 7.42. The maximum Gasteiger partial charge on any atom is 0.405 e. The molecule has 1 rings (SSSR count). The van der Waals surface area contributed by atoms with Gasteiger partial charge in [-0.2, -0.15) is 13.2 Å². The number of anilines is 1. The molecular formula is C9H11ClF3N3. The van der Waals surface area contributed by atoms with Crippen molar-refractivity contribution in [3.8, 4) is 0 Å². The standard InChI is InChI=1S/C9H11ClF3N3/c1-7-14-4-2-8(15-7)16(5-3-10)6-9(11,12)13/h2,4H,3,5-6H2,1H3. The van der Waals surface area contributed by atoms with E-state index >= 15 is 0 Å². The summed E-state index contributed by atoms with van der Waals surface area (Å²) in [6.07, 6.45) is -2.85. The van der Waals surface area contributed by atoms with Crippen molar-refractivity contribution in [2.75, 3.05) is 23.9 Å². The number of alkyl halides is 4. The van der Waals surface area contributed by atoms with Gasteiger partial charge in [0, 0.05) is 18.6 Å². The molecule has 0 atom stereocenters. The van der Waals surface area contributed by atoms with Crippen molar-refractivity contribution < 1.29 is 13.2 Å². The third-order valence-electron chi connectivity index (χ3n) is 1.81. The van der Waals surface area contributed by atoms with E-state index < -0.39 is 12.7 Å². The van der Waals surface area contributed by atoms with Crippen molar-refractivity contribution in [2.24, 2.45) is 0 Å². The van der Waals surface area contributed by atoms with Gasteiger partial charge in [0.2, 0.25) is 0 Å². The second kappa shape index (κ2) is 5.34. The molecule has 0 amide bonds. The molecule has 0 spiro atoms. The Bertz CT molecular complexity index is 343. The number of hydrogen-bond acceptors (Lipinski definition) is 3. The van der Waals surface area contributed by atoms with E-state index in [-0.39, 0.29) is 18.2 Å². The molecule has 90 valence electrons. The van der Waals surface area contributed by atoms with Crippen molar-refractivity contribution in [1.82, 2.24) is 9.97 Å². The maximum atomic E-state index is 12.3. The summed E-state index contributed by atoms with van der Waals surface area (Å²) in [6, 6.07) is 1.44. The zero-order chi connectivity index (χ0) is 12.2. The van der Waals surface area contributed by atoms with Crippen molar-refractivity contribution in [1.29, 1.82) is 0 Å². The Morgan fingerprint density at radius 3 is 2.62 bits per heavy atom. The average molecular weight is 254 g/mol. The van der Waals surface area contributed by atoms with Crippen LogP contribution in [-0.4, -0.2) is 35.1 Å². The number of halogens is 4. The van der Waals surface area contributed by atoms with Crippen molar-refractivity contribution in [2.45, 2.75) is 13.1 Å². The van der Waals surface area contributed by atoms with Crippen LogP contribution in [0.2, 0.25) is 0 Å². The fourth-order valence-electron chi connectivity index (χ4n) is 1.21. The lowest BCUT2D eigenvalue weighted by molar-refractivity contribution is -0.119. The molecule has 1 heterocycles. The topological polar surface area (TPSA) is 29.0 Å². The zero-order valence-electron chi connectivity index (χ0n) is 8.63. The molecule has 0 fully saturated rings. The Morgan fingerprint density at radius 1 is 1.44 bits per heavy atom. The molecule has 0 N–H and O–H groups in total. The molecule has 0 unspecified atom stereocenters. The van der Waals surface area contributed by atoms with Crippen LogP contribution in [0, 0.1) is 6.92 Å². The largest absolute Gasteiger partial charge is 0.405 e. The lowest BCUT2D eigenvalue weighted by atomic mass is 10.4. The highest BCUT2D eigenvalue weighted by atomic mass is 35.5. The third-order valence-corrected chi connectivity index (χ3v) is 1.98. The summed E-state index contributed by atoms with van der Waals surface area (Å²) in [5, 5.41) is 0. The summed E-state index contributed by atoms with van der Waals surface area (Å²) in [4.78, 5) is 8.84. The highest BCUT2D eigenvalue weighted by molar-refractivity contribution is 6.18. The predicted molar refractivity (Wildman–Crippen MR) is 55.8 cm³/mol. The number of aryl methyl sites for hydroxylation is 1. The van der Waals surface area contributed by atoms with Gasteiger partial charge in [0.1, 0.15) is 18.2 Å². The Kier molecular flexibility index (Phi) is 4.35. The zero-order valence-corrected chi connectivity index (χ0v) is 9.39. The molecule has 0 bridgehead atoms. The first-order valence-electron chi connectivity index (χ1n) is 4.59. The maximum absolute atomic E-state index is 12.3. The minimum absolute atomic E-state index is 0.0948. The van der Waals surface area contributed by atoms with Crippen LogP contribution in [0.5, 0.6) is 0 Å². The fraction of sp³-hybridized carbons (Fsp3) is 0.556. The van der Waals surface area contributed by atoms with Crippen LogP contribution >= 0.6 is 11.6 Å². The molecule has 0 radical (unpaired) electrons. The second-order valence-electron chi connectivity index (χ2n) is 3.19. The number of hydrogen-bond donors (Lipinski definition) is 0. The van der Waals surface area contributed by atoms with Gasteiger partial charge in [0.25, 0.3) is 0 Å². The van der Waals surface area contributed by atoms with Crippen LogP contribution in [0.3, 0.4) is 0 Å². The Balaban J connectivity index is 2.85. The second-order valence-corrected chi connectivity index (χ2v) is 3.57. The number of nitrogens with zero attached hydrogens (tertiary/aromatic N) is 3. The molecule has 1 aromatic heterocycles. The first kappa shape index (κ1) is 13.0. The van der Waals surface area contributed by atoms with E-state index in [2.05, 4.69) is 9.97 Å². The Labute approximate surface area is 96.3 Å². The smallest absolute Gasteiger partial charge is 0.346 e. The van der Waals surface area contributed by atoms with Crippen LogP contribution in [0.25, 0.3) is 0 Å². The molecule has 16 heavy (non-hydrogen) atoms. The van der Waals surface area contributed by atoms with E-state index in [1.807, 2.05) is 0 Å². The van der Waals surface area contributed by atoms with E-state index in [0.29, 0.717) is 5.82 Å². The molecular weight excluding hydrogens is 243 g/mol. The number of aromatic nitrogens is 2. The highest BCUT2D eigenvalue weighted by Crippen LogP contribution is 2.20. The summed E-state index contributed by atoms with van der Waals surface area (Å²) in [6.45, 7) is 0.656. The van der Waals surface area contributed by atoms with Crippen molar-refractivity contribution in [3.05, 3.63) is 18.1 Å². The summed E-state index contributed by atoms with van der Waals surface area (Å²) < 4.78 is 36.9. The Morgan fingerprint density at radius 2 is 2.12 bits per heavy atom. The van der Waals surface area contributed by atoms with Crippen LogP contribution in [0.1, 0.15) is 5.82 Å². The van der Waals surface area contributed by atoms with Crippen LogP contribution in [0.4, 0.5) is 19.0 Å². The van der Waals surface area contributed by atoms with Crippen LogP contribution < -0.4 is 4.90 Å². The lowest BCUT2D eigenvalue weighted by Crippen LogP contribution is -2.36. The van der Waals surface area contributed by atoms with Gasteiger partial charge >= 0.3 is 6.18 Å². The van der Waals surface area contributed by atoms with Crippen molar-refractivity contribution in [3.63, 3.8) is 0 Å². The van der Waals surface area contributed by atoms with Gasteiger partial charge in [0.15, 0.2) is 0 Å². The molecule has 1 aromatic rings. The van der Waals surface area contributed by atoms with E-state index in [4.69, 9.17) is 11.6 Å². The summed E-state index contributed by atoms with van der Waals surface area (Å²) in [5.41, 5.74) is 0. The molecule has 0 saturated heterocycles. The van der Waals surface area contributed by atoms with E-state index in [9.17, 15) is 13.2 Å². The van der Waals surface area contributed by atoms with E-state index in [1.165, 1.54) is 12.3 Å². The van der Waals surface area contributed by atoms with Gasteiger partial charge in [-0.3, -0.25) is 0 Å². The normalized spacial score (nSPS) is 11.6. The summed E-state index contributed by atoms with van der Waals surface area (Å²) in [7, 11) is 0. The molecule has 0 aliphatic carbocycles. The van der Waals surface area contributed by atoms with Gasteiger partial charge in [-0.25, -0.2) is 9.97 Å². The van der Waals surface area contributed by atoms with Gasteiger partial charge in [0.05, 0.1) is 0 Å². The van der Waals surface area contributed by atoms with Gasteiger partial charge < -0.3 is 4.90 Å². The van der Waals surface area contributed by atoms with Crippen molar-refractivity contribution >= 4 is 17.4 Å². The molecule has 3 nitrogen and oxygen atoms in total. The first-order valence-corrected chi connectivity index (χ1v) is 5.13. The quantitative estimate of drug-likeness (QED) is 0.772. The van der Waals surface area contributed by atoms with Gasteiger partial charge in [-0.05, 0) is 13.0 Å². The van der Waals surface area contributed by atoms with E-state index in [0.717, 1.165) is 4.90 Å². The molecule has 0 aliphatic rings. The summed E-state index contributed by atoms with van der Waals surface area (Å²) >= 11 is 5.46. The summed E-state index contributed by atoms with van der Waals surface area (Å²) in [5.74, 6) is 0.781. The number of rotatable bonds is 4. The highest BCUT2D eigenvalue weighted by Gasteiger charge is 2.31. The van der Waals surface area contributed by atoms with Crippen LogP contribution in [0.15, 0.2) is 12.3 Å². The monoisotopic (exact) mass is 253 g/mol. The third kappa shape index (κ3) is 4.22.